The highest BCUT2D eigenvalue weighted by atomic mass is 35.5. The number of nitrogens with zero attached hydrogens (tertiary/aromatic N) is 2. The van der Waals surface area contributed by atoms with Crippen molar-refractivity contribution in [3.05, 3.63) is 35.9 Å². The Hall–Kier alpha value is -0.320. The molecule has 0 spiro atoms. The number of benzene rings is 1. The Morgan fingerprint density at radius 1 is 1.00 bits per heavy atom. The molecule has 120 valence electrons. The number of halogens is 2. The molecule has 2 aliphatic heterocycles. The Balaban J connectivity index is 0.00000110. The summed E-state index contributed by atoms with van der Waals surface area (Å²) in [6.45, 7) is 8.41. The van der Waals surface area contributed by atoms with Crippen LogP contribution in [0.25, 0.3) is 0 Å². The molecule has 3 nitrogen and oxygen atoms in total. The summed E-state index contributed by atoms with van der Waals surface area (Å²) in [4.78, 5) is 5.27. The molecule has 5 heteroatoms. The molecule has 0 radical (unpaired) electrons. The molecule has 1 aromatic carbocycles. The normalized spacial score (nSPS) is 23.9. The third kappa shape index (κ3) is 5.42. The summed E-state index contributed by atoms with van der Waals surface area (Å²) in [5, 5.41) is 3.53. The second kappa shape index (κ2) is 9.65. The molecule has 21 heavy (non-hydrogen) atoms. The molecule has 2 heterocycles. The van der Waals surface area contributed by atoms with E-state index in [2.05, 4.69) is 45.4 Å². The lowest BCUT2D eigenvalue weighted by Crippen LogP contribution is -2.54. The minimum atomic E-state index is 0. The zero-order chi connectivity index (χ0) is 12.9. The van der Waals surface area contributed by atoms with Gasteiger partial charge in [-0.25, -0.2) is 0 Å². The van der Waals surface area contributed by atoms with E-state index in [1.54, 1.807) is 0 Å². The van der Waals surface area contributed by atoms with E-state index in [1.165, 1.54) is 57.7 Å². The van der Waals surface area contributed by atoms with Crippen LogP contribution < -0.4 is 5.32 Å². The molecule has 1 aromatic rings. The van der Waals surface area contributed by atoms with Crippen LogP contribution in [0.5, 0.6) is 0 Å². The lowest BCUT2D eigenvalue weighted by molar-refractivity contribution is 0.0807. The summed E-state index contributed by atoms with van der Waals surface area (Å²) >= 11 is 0. The van der Waals surface area contributed by atoms with Crippen molar-refractivity contribution in [2.75, 3.05) is 39.3 Å². The summed E-state index contributed by atoms with van der Waals surface area (Å²) in [5.41, 5.74) is 1.44. The van der Waals surface area contributed by atoms with Crippen molar-refractivity contribution in [3.8, 4) is 0 Å². The Kier molecular flexibility index (Phi) is 8.60. The van der Waals surface area contributed by atoms with E-state index in [4.69, 9.17) is 0 Å². The molecule has 0 aliphatic carbocycles. The molecule has 1 N–H and O–H groups in total. The van der Waals surface area contributed by atoms with Crippen LogP contribution >= 0.6 is 24.8 Å². The predicted octanol–water partition coefficient (Wildman–Crippen LogP) is 2.40. The van der Waals surface area contributed by atoms with Crippen molar-refractivity contribution >= 4 is 24.8 Å². The lowest BCUT2D eigenvalue weighted by atomic mass is 10.0. The standard InChI is InChI=1S/C16H25N3.2ClH/c1-2-5-15(6-3-1)14-18-9-11-19(12-10-18)16-7-4-8-17-13-16;;/h1-3,5-6,16-17H,4,7-14H2;2*1H. The predicted molar refractivity (Wildman–Crippen MR) is 93.7 cm³/mol. The third-order valence-electron chi connectivity index (χ3n) is 4.44. The minimum absolute atomic E-state index is 0. The fraction of sp³-hybridized carbons (Fsp3) is 0.625. The Labute approximate surface area is 140 Å². The fourth-order valence-corrected chi connectivity index (χ4v) is 3.27. The molecule has 0 saturated carbocycles. The molecule has 2 fully saturated rings. The van der Waals surface area contributed by atoms with Crippen LogP contribution in [-0.2, 0) is 6.54 Å². The van der Waals surface area contributed by atoms with Crippen LogP contribution in [0.4, 0.5) is 0 Å². The lowest BCUT2D eigenvalue weighted by Gasteiger charge is -2.40. The smallest absolute Gasteiger partial charge is 0.0234 e. The van der Waals surface area contributed by atoms with E-state index in [9.17, 15) is 0 Å². The molecule has 3 rings (SSSR count). The van der Waals surface area contributed by atoms with Crippen LogP contribution in [0.3, 0.4) is 0 Å². The van der Waals surface area contributed by atoms with E-state index < -0.39 is 0 Å². The van der Waals surface area contributed by atoms with E-state index in [-0.39, 0.29) is 24.8 Å². The van der Waals surface area contributed by atoms with E-state index >= 15 is 0 Å². The van der Waals surface area contributed by atoms with Gasteiger partial charge < -0.3 is 5.32 Å². The first-order valence-electron chi connectivity index (χ1n) is 7.63. The van der Waals surface area contributed by atoms with Gasteiger partial charge in [-0.2, -0.15) is 0 Å². The van der Waals surface area contributed by atoms with Gasteiger partial charge in [0.2, 0.25) is 0 Å². The zero-order valence-corrected chi connectivity index (χ0v) is 14.2. The Bertz CT molecular complexity index is 374. The summed E-state index contributed by atoms with van der Waals surface area (Å²) < 4.78 is 0. The van der Waals surface area contributed by atoms with Crippen molar-refractivity contribution in [1.29, 1.82) is 0 Å². The number of hydrogen-bond acceptors (Lipinski definition) is 3. The minimum Gasteiger partial charge on any atom is -0.315 e. The highest BCUT2D eigenvalue weighted by Gasteiger charge is 2.24. The van der Waals surface area contributed by atoms with Crippen LogP contribution in [0.15, 0.2) is 30.3 Å². The summed E-state index contributed by atoms with van der Waals surface area (Å²) in [7, 11) is 0. The first-order valence-corrected chi connectivity index (χ1v) is 7.63. The van der Waals surface area contributed by atoms with Gasteiger partial charge in [0.15, 0.2) is 0 Å². The zero-order valence-electron chi connectivity index (χ0n) is 12.5. The van der Waals surface area contributed by atoms with Crippen LogP contribution in [-0.4, -0.2) is 55.1 Å². The average molecular weight is 332 g/mol. The van der Waals surface area contributed by atoms with Crippen LogP contribution in [0.2, 0.25) is 0 Å². The monoisotopic (exact) mass is 331 g/mol. The molecule has 1 atom stereocenters. The van der Waals surface area contributed by atoms with Gasteiger partial charge in [0.25, 0.3) is 0 Å². The van der Waals surface area contributed by atoms with Gasteiger partial charge >= 0.3 is 0 Å². The Morgan fingerprint density at radius 2 is 1.71 bits per heavy atom. The largest absolute Gasteiger partial charge is 0.315 e. The van der Waals surface area contributed by atoms with Crippen molar-refractivity contribution < 1.29 is 0 Å². The van der Waals surface area contributed by atoms with Gasteiger partial charge in [-0.3, -0.25) is 9.80 Å². The molecule has 0 amide bonds. The van der Waals surface area contributed by atoms with Gasteiger partial charge in [-0.05, 0) is 24.9 Å². The average Bonchev–Trinajstić information content (AvgIpc) is 2.50. The quantitative estimate of drug-likeness (QED) is 0.917. The number of piperidine rings is 1. The second-order valence-electron chi connectivity index (χ2n) is 5.80. The van der Waals surface area contributed by atoms with E-state index in [0.29, 0.717) is 0 Å². The maximum atomic E-state index is 3.53. The van der Waals surface area contributed by atoms with Crippen molar-refractivity contribution in [2.24, 2.45) is 0 Å². The molecule has 2 aliphatic rings. The van der Waals surface area contributed by atoms with Gasteiger partial charge in [0.1, 0.15) is 0 Å². The maximum Gasteiger partial charge on any atom is 0.0234 e. The maximum absolute atomic E-state index is 3.53. The summed E-state index contributed by atoms with van der Waals surface area (Å²) in [6, 6.07) is 11.6. The topological polar surface area (TPSA) is 18.5 Å². The van der Waals surface area contributed by atoms with Crippen molar-refractivity contribution in [3.63, 3.8) is 0 Å². The van der Waals surface area contributed by atoms with Crippen LogP contribution in [0, 0.1) is 0 Å². The van der Waals surface area contributed by atoms with Crippen molar-refractivity contribution in [1.82, 2.24) is 15.1 Å². The van der Waals surface area contributed by atoms with Crippen LogP contribution in [0.1, 0.15) is 18.4 Å². The van der Waals surface area contributed by atoms with Gasteiger partial charge in [-0.1, -0.05) is 30.3 Å². The third-order valence-corrected chi connectivity index (χ3v) is 4.44. The number of piperazine rings is 1. The van der Waals surface area contributed by atoms with Gasteiger partial charge in [-0.15, -0.1) is 24.8 Å². The highest BCUT2D eigenvalue weighted by molar-refractivity contribution is 5.85. The number of rotatable bonds is 3. The van der Waals surface area contributed by atoms with Gasteiger partial charge in [0.05, 0.1) is 0 Å². The van der Waals surface area contributed by atoms with E-state index in [1.807, 2.05) is 0 Å². The molecule has 0 aromatic heterocycles. The number of nitrogens with one attached hydrogen (secondary N) is 1. The second-order valence-corrected chi connectivity index (χ2v) is 5.80. The Morgan fingerprint density at radius 3 is 2.33 bits per heavy atom. The molecule has 0 bridgehead atoms. The summed E-state index contributed by atoms with van der Waals surface area (Å²) in [5.74, 6) is 0. The first kappa shape index (κ1) is 18.7. The SMILES string of the molecule is Cl.Cl.c1ccc(CN2CCN(C3CCCNC3)CC2)cc1. The van der Waals surface area contributed by atoms with Crippen molar-refractivity contribution in [2.45, 2.75) is 25.4 Å². The summed E-state index contributed by atoms with van der Waals surface area (Å²) in [6.07, 6.45) is 2.72. The molecular weight excluding hydrogens is 305 g/mol. The van der Waals surface area contributed by atoms with Gasteiger partial charge in [0, 0.05) is 45.3 Å². The number of hydrogen-bond donors (Lipinski definition) is 1. The molecule has 2 saturated heterocycles. The molecule has 1 unspecified atom stereocenters. The fourth-order valence-electron chi connectivity index (χ4n) is 3.27. The first-order chi connectivity index (χ1) is 9.42. The highest BCUT2D eigenvalue weighted by Crippen LogP contribution is 2.14. The van der Waals surface area contributed by atoms with E-state index in [0.717, 1.165) is 12.6 Å². The molecular formula is C16H27Cl2N3.